The van der Waals surface area contributed by atoms with Crippen molar-refractivity contribution in [2.24, 2.45) is 0 Å². The molecule has 0 unspecified atom stereocenters. The highest BCUT2D eigenvalue weighted by atomic mass is 16.6. The quantitative estimate of drug-likeness (QED) is 0.326. The summed E-state index contributed by atoms with van der Waals surface area (Å²) in [6.07, 6.45) is 3.79. The van der Waals surface area contributed by atoms with Gasteiger partial charge in [0.1, 0.15) is 11.4 Å². The molecule has 1 aromatic carbocycles. The zero-order valence-corrected chi connectivity index (χ0v) is 12.7. The first-order chi connectivity index (χ1) is 12.0. The van der Waals surface area contributed by atoms with E-state index in [2.05, 4.69) is 9.97 Å². The number of aromatic hydroxyl groups is 1. The SMILES string of the molecule is O=C(C=Cc1c(O)c2cccnc2[nH]c1=O)c1ccc([N+](=O)[O-])cc1. The summed E-state index contributed by atoms with van der Waals surface area (Å²) in [5.74, 6) is -0.736. The molecule has 0 bridgehead atoms. The van der Waals surface area contributed by atoms with Gasteiger partial charge in [-0.25, -0.2) is 4.98 Å². The van der Waals surface area contributed by atoms with Crippen molar-refractivity contribution in [2.45, 2.75) is 0 Å². The lowest BCUT2D eigenvalue weighted by molar-refractivity contribution is -0.384. The van der Waals surface area contributed by atoms with E-state index in [0.717, 1.165) is 6.08 Å². The first-order valence-corrected chi connectivity index (χ1v) is 7.14. The van der Waals surface area contributed by atoms with E-state index in [0.29, 0.717) is 5.39 Å². The zero-order valence-electron chi connectivity index (χ0n) is 12.7. The molecule has 3 rings (SSSR count). The lowest BCUT2D eigenvalue weighted by atomic mass is 10.1. The number of hydrogen-bond donors (Lipinski definition) is 2. The van der Waals surface area contributed by atoms with Crippen molar-refractivity contribution in [3.8, 4) is 5.75 Å². The predicted octanol–water partition coefficient (Wildman–Crippen LogP) is 2.43. The maximum atomic E-state index is 12.1. The second-order valence-corrected chi connectivity index (χ2v) is 5.12. The molecule has 124 valence electrons. The second kappa shape index (κ2) is 6.36. The number of non-ortho nitro benzene ring substituents is 1. The van der Waals surface area contributed by atoms with E-state index in [1.54, 1.807) is 12.1 Å². The van der Waals surface area contributed by atoms with Crippen LogP contribution in [0.15, 0.2) is 53.5 Å². The number of rotatable bonds is 4. The number of aromatic amines is 1. The number of hydrogen-bond acceptors (Lipinski definition) is 6. The van der Waals surface area contributed by atoms with Crippen LogP contribution in [0.5, 0.6) is 5.75 Å². The molecule has 0 radical (unpaired) electrons. The maximum absolute atomic E-state index is 12.1. The summed E-state index contributed by atoms with van der Waals surface area (Å²) in [7, 11) is 0. The number of nitrogens with zero attached hydrogens (tertiary/aromatic N) is 2. The number of benzene rings is 1. The van der Waals surface area contributed by atoms with E-state index in [1.165, 1.54) is 36.5 Å². The number of H-pyrrole nitrogens is 1. The maximum Gasteiger partial charge on any atom is 0.269 e. The minimum atomic E-state index is -0.587. The largest absolute Gasteiger partial charge is 0.506 e. The summed E-state index contributed by atoms with van der Waals surface area (Å²) >= 11 is 0. The van der Waals surface area contributed by atoms with Crippen molar-refractivity contribution in [1.29, 1.82) is 0 Å². The third kappa shape index (κ3) is 3.13. The van der Waals surface area contributed by atoms with E-state index >= 15 is 0 Å². The smallest absolute Gasteiger partial charge is 0.269 e. The molecule has 0 amide bonds. The van der Waals surface area contributed by atoms with Crippen molar-refractivity contribution in [3.63, 3.8) is 0 Å². The van der Waals surface area contributed by atoms with Gasteiger partial charge >= 0.3 is 0 Å². The Hall–Kier alpha value is -3.81. The Morgan fingerprint density at radius 3 is 2.64 bits per heavy atom. The van der Waals surface area contributed by atoms with E-state index in [-0.39, 0.29) is 28.2 Å². The van der Waals surface area contributed by atoms with Crippen LogP contribution in [-0.2, 0) is 0 Å². The van der Waals surface area contributed by atoms with Gasteiger partial charge in [-0.3, -0.25) is 19.7 Å². The van der Waals surface area contributed by atoms with Gasteiger partial charge in [0.15, 0.2) is 5.78 Å². The molecule has 0 fully saturated rings. The van der Waals surface area contributed by atoms with Crippen LogP contribution in [0.2, 0.25) is 0 Å². The molecule has 0 aliphatic carbocycles. The standard InChI is InChI=1S/C17H11N3O5/c21-14(10-3-5-11(6-4-10)20(24)25)8-7-13-15(22)12-2-1-9-18-16(12)19-17(13)23/h1-9H,(H2,18,19,22,23). The van der Waals surface area contributed by atoms with Gasteiger partial charge in [0.2, 0.25) is 0 Å². The molecule has 2 N–H and O–H groups in total. The summed E-state index contributed by atoms with van der Waals surface area (Å²) in [6.45, 7) is 0. The van der Waals surface area contributed by atoms with Crippen LogP contribution in [0.1, 0.15) is 15.9 Å². The number of allylic oxidation sites excluding steroid dienone is 1. The predicted molar refractivity (Wildman–Crippen MR) is 90.5 cm³/mol. The van der Waals surface area contributed by atoms with Crippen LogP contribution in [0, 0.1) is 10.1 Å². The molecule has 25 heavy (non-hydrogen) atoms. The van der Waals surface area contributed by atoms with Crippen LogP contribution < -0.4 is 5.56 Å². The van der Waals surface area contributed by atoms with Crippen LogP contribution in [-0.4, -0.2) is 25.8 Å². The molecule has 2 aromatic heterocycles. The summed E-state index contributed by atoms with van der Waals surface area (Å²) < 4.78 is 0. The number of nitro groups is 1. The topological polar surface area (TPSA) is 126 Å². The van der Waals surface area contributed by atoms with Crippen LogP contribution in [0.3, 0.4) is 0 Å². The third-order valence-electron chi connectivity index (χ3n) is 3.56. The van der Waals surface area contributed by atoms with E-state index in [4.69, 9.17) is 0 Å². The van der Waals surface area contributed by atoms with Gasteiger partial charge in [-0.15, -0.1) is 0 Å². The Labute approximate surface area is 140 Å². The molecule has 0 aliphatic heterocycles. The lowest BCUT2D eigenvalue weighted by Gasteiger charge is -2.03. The summed E-state index contributed by atoms with van der Waals surface area (Å²) in [4.78, 5) is 40.7. The fourth-order valence-corrected chi connectivity index (χ4v) is 2.28. The number of pyridine rings is 2. The number of nitrogens with one attached hydrogen (secondary N) is 1. The number of fused-ring (bicyclic) bond motifs is 1. The molecule has 8 heteroatoms. The Balaban J connectivity index is 1.94. The number of nitro benzene ring substituents is 1. The van der Waals surface area contributed by atoms with E-state index < -0.39 is 16.3 Å². The van der Waals surface area contributed by atoms with E-state index in [9.17, 15) is 24.8 Å². The van der Waals surface area contributed by atoms with E-state index in [1.807, 2.05) is 0 Å². The fourth-order valence-electron chi connectivity index (χ4n) is 2.28. The Bertz CT molecular complexity index is 1070. The molecule has 2 heterocycles. The third-order valence-corrected chi connectivity index (χ3v) is 3.56. The molecule has 8 nitrogen and oxygen atoms in total. The number of carbonyl (C=O) groups is 1. The van der Waals surface area contributed by atoms with Gasteiger partial charge in [0, 0.05) is 23.9 Å². The second-order valence-electron chi connectivity index (χ2n) is 5.12. The molecular formula is C17H11N3O5. The molecule has 0 spiro atoms. The normalized spacial score (nSPS) is 11.0. The van der Waals surface area contributed by atoms with Gasteiger partial charge in [-0.05, 0) is 36.4 Å². The fraction of sp³-hybridized carbons (Fsp3) is 0. The van der Waals surface area contributed by atoms with Gasteiger partial charge in [0.25, 0.3) is 11.2 Å². The van der Waals surface area contributed by atoms with Gasteiger partial charge in [0.05, 0.1) is 15.9 Å². The van der Waals surface area contributed by atoms with Crippen molar-refractivity contribution in [2.75, 3.05) is 0 Å². The van der Waals surface area contributed by atoms with Gasteiger partial charge in [-0.1, -0.05) is 0 Å². The van der Waals surface area contributed by atoms with Crippen molar-refractivity contribution in [1.82, 2.24) is 9.97 Å². The monoisotopic (exact) mass is 337 g/mol. The minimum absolute atomic E-state index is 0.0734. The highest BCUT2D eigenvalue weighted by Crippen LogP contribution is 2.24. The number of aromatic nitrogens is 2. The average molecular weight is 337 g/mol. The highest BCUT2D eigenvalue weighted by Gasteiger charge is 2.11. The Morgan fingerprint density at radius 2 is 1.96 bits per heavy atom. The zero-order chi connectivity index (χ0) is 18.0. The summed E-state index contributed by atoms with van der Waals surface area (Å²) in [6, 6.07) is 8.26. The van der Waals surface area contributed by atoms with Gasteiger partial charge in [-0.2, -0.15) is 0 Å². The average Bonchev–Trinajstić information content (AvgIpc) is 2.61. The van der Waals surface area contributed by atoms with Crippen molar-refractivity contribution < 1.29 is 14.8 Å². The Kier molecular flexibility index (Phi) is 4.09. The Morgan fingerprint density at radius 1 is 1.24 bits per heavy atom. The van der Waals surface area contributed by atoms with Crippen molar-refractivity contribution >= 4 is 28.6 Å². The van der Waals surface area contributed by atoms with Crippen LogP contribution in [0.4, 0.5) is 5.69 Å². The highest BCUT2D eigenvalue weighted by molar-refractivity contribution is 6.07. The minimum Gasteiger partial charge on any atom is -0.506 e. The molecular weight excluding hydrogens is 326 g/mol. The molecule has 0 saturated carbocycles. The molecule has 3 aromatic rings. The summed E-state index contributed by atoms with van der Waals surface area (Å²) in [5, 5.41) is 21.2. The molecule has 0 aliphatic rings. The van der Waals surface area contributed by atoms with Crippen LogP contribution >= 0.6 is 0 Å². The molecule has 0 saturated heterocycles. The first kappa shape index (κ1) is 16.1. The summed E-state index contributed by atoms with van der Waals surface area (Å²) in [5.41, 5.74) is -0.326. The van der Waals surface area contributed by atoms with Crippen LogP contribution in [0.25, 0.3) is 17.1 Å². The lowest BCUT2D eigenvalue weighted by Crippen LogP contribution is -2.10. The van der Waals surface area contributed by atoms with Crippen molar-refractivity contribution in [3.05, 3.63) is 80.3 Å². The number of ketones is 1. The molecule has 0 atom stereocenters. The first-order valence-electron chi connectivity index (χ1n) is 7.14. The van der Waals surface area contributed by atoms with Gasteiger partial charge < -0.3 is 10.1 Å². The number of carbonyl (C=O) groups excluding carboxylic acids is 1.